The first-order valence-corrected chi connectivity index (χ1v) is 7.02. The maximum absolute atomic E-state index is 11.5. The van der Waals surface area contributed by atoms with Crippen molar-refractivity contribution in [3.05, 3.63) is 11.3 Å². The van der Waals surface area contributed by atoms with E-state index in [1.807, 2.05) is 34.6 Å². The molecule has 0 radical (unpaired) electrons. The zero-order valence-electron chi connectivity index (χ0n) is 13.8. The minimum Gasteiger partial charge on any atom is -0.329 e. The zero-order chi connectivity index (χ0) is 14.9. The lowest BCUT2D eigenvalue weighted by Crippen LogP contribution is -2.45. The van der Waals surface area contributed by atoms with Gasteiger partial charge in [0.05, 0.1) is 6.54 Å². The lowest BCUT2D eigenvalue weighted by molar-refractivity contribution is -0.122. The molecule has 0 aromatic rings. The Morgan fingerprint density at radius 1 is 1.00 bits per heavy atom. The van der Waals surface area contributed by atoms with Crippen molar-refractivity contribution in [1.29, 1.82) is 0 Å². The van der Waals surface area contributed by atoms with Crippen LogP contribution in [0.15, 0.2) is 11.3 Å². The van der Waals surface area contributed by atoms with Crippen LogP contribution >= 0.6 is 0 Å². The molecule has 3 heteroatoms. The Morgan fingerprint density at radius 3 is 1.83 bits per heavy atom. The van der Waals surface area contributed by atoms with Crippen LogP contribution in [0.25, 0.3) is 0 Å². The Kier molecular flexibility index (Phi) is 9.91. The van der Waals surface area contributed by atoms with Gasteiger partial charge in [0, 0.05) is 17.8 Å². The molecule has 1 heterocycles. The van der Waals surface area contributed by atoms with Crippen molar-refractivity contribution in [3.8, 4) is 0 Å². The molecule has 0 unspecified atom stereocenters. The zero-order valence-corrected chi connectivity index (χ0v) is 13.8. The SMILES string of the molecule is CC.CC.CC1=C(C)NC(=O)CN(C(C)(C)C)C1. The summed E-state index contributed by atoms with van der Waals surface area (Å²) in [6.07, 6.45) is 0. The Hall–Kier alpha value is -0.830. The number of nitrogens with one attached hydrogen (secondary N) is 1. The van der Waals surface area contributed by atoms with E-state index >= 15 is 0 Å². The Balaban J connectivity index is 0. The van der Waals surface area contributed by atoms with Gasteiger partial charge in [0.15, 0.2) is 0 Å². The van der Waals surface area contributed by atoms with Crippen molar-refractivity contribution in [1.82, 2.24) is 10.2 Å². The molecule has 1 rings (SSSR count). The van der Waals surface area contributed by atoms with Crippen molar-refractivity contribution >= 4 is 5.91 Å². The van der Waals surface area contributed by atoms with E-state index < -0.39 is 0 Å². The van der Waals surface area contributed by atoms with E-state index in [1.165, 1.54) is 5.57 Å². The predicted molar refractivity (Wildman–Crippen MR) is 80.5 cm³/mol. The number of hydrogen-bond acceptors (Lipinski definition) is 2. The monoisotopic (exact) mass is 256 g/mol. The highest BCUT2D eigenvalue weighted by molar-refractivity contribution is 5.80. The van der Waals surface area contributed by atoms with Crippen molar-refractivity contribution in [2.45, 2.75) is 67.9 Å². The summed E-state index contributed by atoms with van der Waals surface area (Å²) in [4.78, 5) is 13.7. The summed E-state index contributed by atoms with van der Waals surface area (Å²) < 4.78 is 0. The number of carbonyl (C=O) groups is 1. The van der Waals surface area contributed by atoms with Crippen LogP contribution < -0.4 is 5.32 Å². The first-order chi connectivity index (χ1) is 8.30. The third-order valence-corrected chi connectivity index (χ3v) is 2.68. The molecular formula is C15H32N2O. The summed E-state index contributed by atoms with van der Waals surface area (Å²) in [5, 5.41) is 2.89. The molecule has 0 atom stereocenters. The van der Waals surface area contributed by atoms with Crippen LogP contribution in [-0.4, -0.2) is 29.4 Å². The van der Waals surface area contributed by atoms with Gasteiger partial charge in [-0.15, -0.1) is 0 Å². The van der Waals surface area contributed by atoms with E-state index in [0.717, 1.165) is 12.2 Å². The lowest BCUT2D eigenvalue weighted by atomic mass is 10.1. The number of amides is 1. The van der Waals surface area contributed by atoms with Gasteiger partial charge in [-0.25, -0.2) is 0 Å². The van der Waals surface area contributed by atoms with Crippen molar-refractivity contribution in [2.75, 3.05) is 13.1 Å². The van der Waals surface area contributed by atoms with Gasteiger partial charge >= 0.3 is 0 Å². The summed E-state index contributed by atoms with van der Waals surface area (Å²) in [5.41, 5.74) is 2.29. The van der Waals surface area contributed by atoms with Crippen molar-refractivity contribution < 1.29 is 4.79 Å². The summed E-state index contributed by atoms with van der Waals surface area (Å²) in [6, 6.07) is 0. The van der Waals surface area contributed by atoms with Crippen LogP contribution in [0.3, 0.4) is 0 Å². The molecule has 0 saturated carbocycles. The maximum Gasteiger partial charge on any atom is 0.238 e. The molecule has 0 aromatic heterocycles. The molecule has 0 spiro atoms. The molecular weight excluding hydrogens is 224 g/mol. The third-order valence-electron chi connectivity index (χ3n) is 2.68. The Labute approximate surface area is 114 Å². The van der Waals surface area contributed by atoms with E-state index in [2.05, 4.69) is 37.9 Å². The van der Waals surface area contributed by atoms with Gasteiger partial charge in [-0.3, -0.25) is 9.69 Å². The van der Waals surface area contributed by atoms with E-state index in [9.17, 15) is 4.79 Å². The quantitative estimate of drug-likeness (QED) is 0.718. The van der Waals surface area contributed by atoms with Gasteiger partial charge in [-0.05, 0) is 40.2 Å². The fourth-order valence-corrected chi connectivity index (χ4v) is 1.46. The molecule has 0 fully saturated rings. The number of nitrogens with zero attached hydrogens (tertiary/aromatic N) is 1. The Bertz CT molecular complexity index is 275. The van der Waals surface area contributed by atoms with E-state index in [1.54, 1.807) is 0 Å². The number of carbonyl (C=O) groups excluding carboxylic acids is 1. The molecule has 108 valence electrons. The van der Waals surface area contributed by atoms with Gasteiger partial charge < -0.3 is 5.32 Å². The molecule has 1 N–H and O–H groups in total. The Morgan fingerprint density at radius 2 is 1.44 bits per heavy atom. The number of hydrogen-bond donors (Lipinski definition) is 1. The summed E-state index contributed by atoms with van der Waals surface area (Å²) in [6.45, 7) is 19.8. The van der Waals surface area contributed by atoms with Crippen LogP contribution in [-0.2, 0) is 4.79 Å². The summed E-state index contributed by atoms with van der Waals surface area (Å²) in [5.74, 6) is 0.0919. The molecule has 1 amide bonds. The molecule has 0 aromatic carbocycles. The number of allylic oxidation sites excluding steroid dienone is 1. The summed E-state index contributed by atoms with van der Waals surface area (Å²) in [7, 11) is 0. The first-order valence-electron chi connectivity index (χ1n) is 7.02. The average Bonchev–Trinajstić information content (AvgIpc) is 2.43. The maximum atomic E-state index is 11.5. The second-order valence-corrected chi connectivity index (χ2v) is 4.98. The highest BCUT2D eigenvalue weighted by Gasteiger charge is 2.26. The fraction of sp³-hybridized carbons (Fsp3) is 0.800. The predicted octanol–water partition coefficient (Wildman–Crippen LogP) is 3.56. The molecule has 1 aliphatic rings. The number of rotatable bonds is 0. The second-order valence-electron chi connectivity index (χ2n) is 4.98. The molecule has 0 aliphatic carbocycles. The van der Waals surface area contributed by atoms with E-state index in [0.29, 0.717) is 6.54 Å². The minimum absolute atomic E-state index is 0.0449. The largest absolute Gasteiger partial charge is 0.329 e. The average molecular weight is 256 g/mol. The minimum atomic E-state index is 0.0449. The fourth-order valence-electron chi connectivity index (χ4n) is 1.46. The van der Waals surface area contributed by atoms with Crippen molar-refractivity contribution in [2.24, 2.45) is 0 Å². The highest BCUT2D eigenvalue weighted by atomic mass is 16.2. The molecule has 3 nitrogen and oxygen atoms in total. The smallest absolute Gasteiger partial charge is 0.238 e. The topological polar surface area (TPSA) is 32.3 Å². The molecule has 0 saturated heterocycles. The van der Waals surface area contributed by atoms with Crippen LogP contribution in [0.2, 0.25) is 0 Å². The standard InChI is InChI=1S/C11H20N2O.2C2H6/c1-8-6-13(11(3,4)5)7-10(14)12-9(8)2;2*1-2/h6-7H2,1-5H3,(H,12,14);2*1-2H3. The van der Waals surface area contributed by atoms with Gasteiger partial charge in [-0.1, -0.05) is 27.7 Å². The van der Waals surface area contributed by atoms with Crippen molar-refractivity contribution in [3.63, 3.8) is 0 Å². The van der Waals surface area contributed by atoms with E-state index in [-0.39, 0.29) is 11.4 Å². The van der Waals surface area contributed by atoms with Gasteiger partial charge in [0.25, 0.3) is 0 Å². The molecule has 1 aliphatic heterocycles. The van der Waals surface area contributed by atoms with Crippen LogP contribution in [0.1, 0.15) is 62.3 Å². The van der Waals surface area contributed by atoms with Crippen LogP contribution in [0.4, 0.5) is 0 Å². The molecule has 0 bridgehead atoms. The second kappa shape index (κ2) is 9.15. The third kappa shape index (κ3) is 6.80. The lowest BCUT2D eigenvalue weighted by Gasteiger charge is -2.33. The summed E-state index contributed by atoms with van der Waals surface area (Å²) >= 11 is 0. The highest BCUT2D eigenvalue weighted by Crippen LogP contribution is 2.17. The normalized spacial score (nSPS) is 16.8. The van der Waals surface area contributed by atoms with Crippen LogP contribution in [0.5, 0.6) is 0 Å². The molecule has 18 heavy (non-hydrogen) atoms. The van der Waals surface area contributed by atoms with E-state index in [4.69, 9.17) is 0 Å². The first kappa shape index (κ1) is 19.5. The van der Waals surface area contributed by atoms with Gasteiger partial charge in [-0.2, -0.15) is 0 Å². The van der Waals surface area contributed by atoms with Crippen LogP contribution in [0, 0.1) is 0 Å². The van der Waals surface area contributed by atoms with Gasteiger partial charge in [0.1, 0.15) is 0 Å². The van der Waals surface area contributed by atoms with Gasteiger partial charge in [0.2, 0.25) is 5.91 Å².